The Morgan fingerprint density at radius 2 is 1.93 bits per heavy atom. The van der Waals surface area contributed by atoms with Crippen molar-refractivity contribution in [3.63, 3.8) is 0 Å². The number of hydrogen-bond acceptors (Lipinski definition) is 4. The molecule has 2 fully saturated rings. The predicted octanol–water partition coefficient (Wildman–Crippen LogP) is 2.72. The maximum absolute atomic E-state index is 13.0. The van der Waals surface area contributed by atoms with Crippen LogP contribution in [-0.2, 0) is 14.8 Å². The number of likely N-dealkylation sites (tertiary alicyclic amines) is 1. The van der Waals surface area contributed by atoms with Gasteiger partial charge in [0.15, 0.2) is 0 Å². The van der Waals surface area contributed by atoms with Gasteiger partial charge in [0.05, 0.1) is 22.7 Å². The van der Waals surface area contributed by atoms with Crippen LogP contribution in [0, 0.1) is 5.92 Å². The number of nitrogens with one attached hydrogen (secondary N) is 1. The van der Waals surface area contributed by atoms with E-state index in [1.165, 1.54) is 4.31 Å². The van der Waals surface area contributed by atoms with E-state index in [1.54, 1.807) is 0 Å². The minimum Gasteiger partial charge on any atom is -0.342 e. The summed E-state index contributed by atoms with van der Waals surface area (Å²) in [6.07, 6.45) is 3.91. The van der Waals surface area contributed by atoms with Crippen LogP contribution >= 0.6 is 0 Å². The lowest BCUT2D eigenvalue weighted by atomic mass is 9.93. The number of aromatic amines is 1. The summed E-state index contributed by atoms with van der Waals surface area (Å²) in [6, 6.07) is 8.03. The van der Waals surface area contributed by atoms with Crippen molar-refractivity contribution in [1.29, 1.82) is 0 Å². The van der Waals surface area contributed by atoms with Crippen molar-refractivity contribution in [3.05, 3.63) is 30.1 Å². The molecule has 4 rings (SSSR count). The Morgan fingerprint density at radius 1 is 1.17 bits per heavy atom. The highest BCUT2D eigenvalue weighted by atomic mass is 32.2. The number of piperidine rings is 2. The van der Waals surface area contributed by atoms with Gasteiger partial charge in [-0.15, -0.1) is 0 Å². The van der Waals surface area contributed by atoms with Gasteiger partial charge in [0.1, 0.15) is 5.82 Å². The van der Waals surface area contributed by atoms with Gasteiger partial charge in [-0.3, -0.25) is 4.79 Å². The molecule has 0 unspecified atom stereocenters. The Labute approximate surface area is 172 Å². The fourth-order valence-electron chi connectivity index (χ4n) is 4.58. The highest BCUT2D eigenvalue weighted by Crippen LogP contribution is 2.30. The van der Waals surface area contributed by atoms with E-state index in [0.29, 0.717) is 38.5 Å². The molecular weight excluding hydrogens is 388 g/mol. The molecule has 1 aromatic carbocycles. The van der Waals surface area contributed by atoms with Gasteiger partial charge >= 0.3 is 0 Å². The van der Waals surface area contributed by atoms with Crippen molar-refractivity contribution in [2.75, 3.05) is 31.9 Å². The van der Waals surface area contributed by atoms with E-state index in [0.717, 1.165) is 42.5 Å². The quantitative estimate of drug-likeness (QED) is 0.809. The van der Waals surface area contributed by atoms with Crippen LogP contribution in [0.15, 0.2) is 24.3 Å². The third-order valence-electron chi connectivity index (χ3n) is 6.19. The lowest BCUT2D eigenvalue weighted by Crippen LogP contribution is -2.48. The first-order valence-electron chi connectivity index (χ1n) is 10.7. The number of imidazole rings is 1. The fraction of sp³-hybridized carbons (Fsp3) is 0.619. The van der Waals surface area contributed by atoms with Crippen LogP contribution in [0.4, 0.5) is 0 Å². The van der Waals surface area contributed by atoms with Gasteiger partial charge in [-0.1, -0.05) is 19.1 Å². The van der Waals surface area contributed by atoms with Crippen LogP contribution < -0.4 is 0 Å². The number of hydrogen-bond donors (Lipinski definition) is 1. The summed E-state index contributed by atoms with van der Waals surface area (Å²) < 4.78 is 26.3. The largest absolute Gasteiger partial charge is 0.342 e. The minimum atomic E-state index is -3.24. The van der Waals surface area contributed by atoms with Crippen molar-refractivity contribution in [2.45, 2.75) is 44.9 Å². The zero-order chi connectivity index (χ0) is 20.4. The number of fused-ring (bicyclic) bond motifs is 1. The van der Waals surface area contributed by atoms with Crippen molar-refractivity contribution < 1.29 is 13.2 Å². The molecular formula is C21H30N4O3S. The number of para-hydroxylation sites is 2. The summed E-state index contributed by atoms with van der Waals surface area (Å²) in [7, 11) is -3.24. The molecule has 2 aromatic rings. The van der Waals surface area contributed by atoms with Gasteiger partial charge < -0.3 is 9.88 Å². The zero-order valence-corrected chi connectivity index (χ0v) is 17.8. The Bertz CT molecular complexity index is 930. The topological polar surface area (TPSA) is 86.4 Å². The number of nitrogens with zero attached hydrogens (tertiary/aromatic N) is 3. The summed E-state index contributed by atoms with van der Waals surface area (Å²) in [5, 5.41) is 0. The van der Waals surface area contributed by atoms with Crippen LogP contribution in [0.3, 0.4) is 0 Å². The molecule has 158 valence electrons. The van der Waals surface area contributed by atoms with E-state index in [2.05, 4.69) is 4.98 Å². The minimum absolute atomic E-state index is 0.115. The maximum Gasteiger partial charge on any atom is 0.227 e. The summed E-state index contributed by atoms with van der Waals surface area (Å²) in [6.45, 7) is 4.17. The van der Waals surface area contributed by atoms with Crippen LogP contribution in [-0.4, -0.2) is 65.4 Å². The van der Waals surface area contributed by atoms with Crippen LogP contribution in [0.5, 0.6) is 0 Å². The molecule has 2 saturated heterocycles. The normalized spacial score (nSPS) is 22.2. The van der Waals surface area contributed by atoms with Gasteiger partial charge in [-0.25, -0.2) is 17.7 Å². The smallest absolute Gasteiger partial charge is 0.227 e. The van der Waals surface area contributed by atoms with Gasteiger partial charge in [0.2, 0.25) is 15.9 Å². The molecule has 0 aliphatic carbocycles. The SMILES string of the molecule is CCCS(=O)(=O)N1CCC[C@@H](C(=O)N2CCC(c3nc4ccccc4[nH]3)CC2)C1. The van der Waals surface area contributed by atoms with Crippen molar-refractivity contribution >= 4 is 27.0 Å². The number of carbonyl (C=O) groups excluding carboxylic acids is 1. The molecule has 2 aliphatic rings. The number of amides is 1. The highest BCUT2D eigenvalue weighted by molar-refractivity contribution is 7.89. The highest BCUT2D eigenvalue weighted by Gasteiger charge is 2.35. The second kappa shape index (κ2) is 8.44. The van der Waals surface area contributed by atoms with E-state index in [4.69, 9.17) is 4.98 Å². The molecule has 7 nitrogen and oxygen atoms in total. The lowest BCUT2D eigenvalue weighted by Gasteiger charge is -2.37. The second-order valence-corrected chi connectivity index (χ2v) is 10.3. The zero-order valence-electron chi connectivity index (χ0n) is 17.0. The van der Waals surface area contributed by atoms with Gasteiger partial charge in [-0.05, 0) is 44.2 Å². The first-order chi connectivity index (χ1) is 14.0. The Balaban J connectivity index is 1.36. The van der Waals surface area contributed by atoms with Crippen molar-refractivity contribution in [1.82, 2.24) is 19.2 Å². The monoisotopic (exact) mass is 418 g/mol. The first-order valence-corrected chi connectivity index (χ1v) is 12.3. The summed E-state index contributed by atoms with van der Waals surface area (Å²) >= 11 is 0. The third kappa shape index (κ3) is 4.33. The van der Waals surface area contributed by atoms with Crippen molar-refractivity contribution in [2.24, 2.45) is 5.92 Å². The van der Waals surface area contributed by atoms with Gasteiger partial charge in [-0.2, -0.15) is 0 Å². The number of benzene rings is 1. The van der Waals surface area contributed by atoms with E-state index in [9.17, 15) is 13.2 Å². The van der Waals surface area contributed by atoms with Crippen LogP contribution in [0.1, 0.15) is 50.8 Å². The number of H-pyrrole nitrogens is 1. The van der Waals surface area contributed by atoms with Gasteiger partial charge in [0, 0.05) is 32.1 Å². The number of rotatable bonds is 5. The molecule has 8 heteroatoms. The molecule has 3 heterocycles. The molecule has 1 atom stereocenters. The van der Waals surface area contributed by atoms with E-state index in [-0.39, 0.29) is 17.6 Å². The van der Waals surface area contributed by atoms with Gasteiger partial charge in [0.25, 0.3) is 0 Å². The second-order valence-electron chi connectivity index (χ2n) is 8.25. The molecule has 0 spiro atoms. The Hall–Kier alpha value is -1.93. The molecule has 1 N–H and O–H groups in total. The Kier molecular flexibility index (Phi) is 5.92. The molecule has 0 radical (unpaired) electrons. The van der Waals surface area contributed by atoms with E-state index >= 15 is 0 Å². The van der Waals surface area contributed by atoms with Crippen LogP contribution in [0.25, 0.3) is 11.0 Å². The summed E-state index contributed by atoms with van der Waals surface area (Å²) in [5.74, 6) is 1.41. The summed E-state index contributed by atoms with van der Waals surface area (Å²) in [4.78, 5) is 23.1. The molecule has 1 aromatic heterocycles. The van der Waals surface area contributed by atoms with Crippen molar-refractivity contribution in [3.8, 4) is 0 Å². The average molecular weight is 419 g/mol. The third-order valence-corrected chi connectivity index (χ3v) is 8.23. The molecule has 0 saturated carbocycles. The first kappa shape index (κ1) is 20.3. The average Bonchev–Trinajstić information content (AvgIpc) is 3.18. The maximum atomic E-state index is 13.0. The molecule has 29 heavy (non-hydrogen) atoms. The van der Waals surface area contributed by atoms with E-state index in [1.807, 2.05) is 36.1 Å². The van der Waals surface area contributed by atoms with Crippen LogP contribution in [0.2, 0.25) is 0 Å². The number of aromatic nitrogens is 2. The summed E-state index contributed by atoms with van der Waals surface area (Å²) in [5.41, 5.74) is 2.04. The predicted molar refractivity (Wildman–Crippen MR) is 113 cm³/mol. The fourth-order valence-corrected chi connectivity index (χ4v) is 6.17. The standard InChI is InChI=1S/C21H30N4O3S/c1-2-14-29(27,28)25-11-5-6-17(15-25)21(26)24-12-9-16(10-13-24)20-22-18-7-3-4-8-19(18)23-20/h3-4,7-8,16-17H,2,5-6,9-15H2,1H3,(H,22,23)/t17-/m1/s1. The molecule has 0 bridgehead atoms. The number of sulfonamides is 1. The van der Waals surface area contributed by atoms with E-state index < -0.39 is 10.0 Å². The molecule has 1 amide bonds. The number of carbonyl (C=O) groups is 1. The lowest BCUT2D eigenvalue weighted by molar-refractivity contribution is -0.137. The Morgan fingerprint density at radius 3 is 2.66 bits per heavy atom. The molecule has 2 aliphatic heterocycles.